The van der Waals surface area contributed by atoms with Crippen molar-refractivity contribution < 1.29 is 80.2 Å². The fourth-order valence-electron chi connectivity index (χ4n) is 12.3. The van der Waals surface area contributed by atoms with E-state index < -0.39 is 97.5 Å². The maximum atomic E-state index is 13.1. The van der Waals surface area contributed by atoms with Gasteiger partial charge in [0, 0.05) is 25.7 Å². The highest BCUT2D eigenvalue weighted by Crippen LogP contribution is 2.45. The molecule has 0 rings (SSSR count). The normalized spacial score (nSPS) is 14.0. The molecule has 0 spiro atoms. The second-order valence-electron chi connectivity index (χ2n) is 29.2. The summed E-state index contributed by atoms with van der Waals surface area (Å²) in [4.78, 5) is 73.1. The fourth-order valence-corrected chi connectivity index (χ4v) is 13.9. The van der Waals surface area contributed by atoms with Crippen molar-refractivity contribution in [3.05, 3.63) is 48.6 Å². The molecule has 19 heteroatoms. The maximum absolute atomic E-state index is 13.1. The lowest BCUT2D eigenvalue weighted by atomic mass is 10.0. The molecule has 0 saturated carbocycles. The summed E-state index contributed by atoms with van der Waals surface area (Å²) in [6.45, 7) is 4.91. The molecule has 104 heavy (non-hydrogen) atoms. The quantitative estimate of drug-likeness (QED) is 0.0169. The molecule has 2 unspecified atom stereocenters. The van der Waals surface area contributed by atoms with Crippen molar-refractivity contribution in [2.24, 2.45) is 0 Å². The van der Waals surface area contributed by atoms with Gasteiger partial charge >= 0.3 is 39.5 Å². The zero-order chi connectivity index (χ0) is 76.0. The summed E-state index contributed by atoms with van der Waals surface area (Å²) >= 11 is 0. The Morgan fingerprint density at radius 1 is 0.269 bits per heavy atom. The zero-order valence-electron chi connectivity index (χ0n) is 67.0. The number of hydrogen-bond acceptors (Lipinski definition) is 15. The Morgan fingerprint density at radius 3 is 0.760 bits per heavy atom. The van der Waals surface area contributed by atoms with Gasteiger partial charge in [0.1, 0.15) is 19.3 Å². The van der Waals surface area contributed by atoms with Crippen molar-refractivity contribution in [3.63, 3.8) is 0 Å². The van der Waals surface area contributed by atoms with Gasteiger partial charge in [-0.1, -0.05) is 372 Å². The van der Waals surface area contributed by atoms with Gasteiger partial charge in [-0.15, -0.1) is 0 Å². The van der Waals surface area contributed by atoms with Crippen molar-refractivity contribution >= 4 is 39.5 Å². The van der Waals surface area contributed by atoms with Gasteiger partial charge in [-0.05, 0) is 64.2 Å². The van der Waals surface area contributed by atoms with E-state index in [4.69, 9.17) is 37.0 Å². The lowest BCUT2D eigenvalue weighted by Crippen LogP contribution is -2.30. The van der Waals surface area contributed by atoms with E-state index in [0.29, 0.717) is 32.1 Å². The highest BCUT2D eigenvalue weighted by molar-refractivity contribution is 7.47. The molecule has 0 radical (unpaired) electrons. The Balaban J connectivity index is 5.35. The SMILES string of the molecule is CCCCC/C=C\C/C=C\C/C=C\C/C=C\CCCC(=O)OC[C@H](COP(=O)(O)OC[C@H](O)COP(=O)(O)OC[C@@H](COC(=O)CCCCCCCCCCCCCCC)OC(=O)CCCCCCCCCCCCCCCCCCC)OC(=O)CCCCCCCCCCCCCCCCCCC. The second-order valence-corrected chi connectivity index (χ2v) is 32.1. The number of unbranched alkanes of at least 4 members (excludes halogenated alkanes) is 48. The van der Waals surface area contributed by atoms with E-state index in [1.54, 1.807) is 0 Å². The number of ether oxygens (including phenoxy) is 4. The fraction of sp³-hybridized carbons (Fsp3) is 0.859. The van der Waals surface area contributed by atoms with E-state index in [2.05, 4.69) is 64.2 Å². The standard InChI is InChI=1S/C85H158O17P2/c1-5-9-13-17-21-25-29-33-36-39-42-46-50-54-58-62-66-70-83(88)96-76-81(102-85(90)72-68-64-60-56-52-48-44-41-38-35-31-27-23-19-15-11-7-3)78-100-104(93,94)98-74-79(86)73-97-103(91,92)99-77-80(75-95-82(87)69-65-61-57-53-49-45-32-28-24-20-16-12-8-4)101-84(89)71-67-63-59-55-51-47-43-40-37-34-30-26-22-18-14-10-6-2/h21,25,33,36,42,46,54,58,79-81,86H,5-20,22-24,26-32,34-35,37-41,43-45,47-53,55-57,59-78H2,1-4H3,(H,91,92)(H,93,94)/b25-21-,36-33-,46-42-,58-54-/t79-,80-,81-/m1/s1. The predicted octanol–water partition coefficient (Wildman–Crippen LogP) is 25.2. The third-order valence-corrected chi connectivity index (χ3v) is 20.7. The minimum absolute atomic E-state index is 0.0918. The number of rotatable bonds is 82. The molecule has 610 valence electrons. The van der Waals surface area contributed by atoms with Gasteiger partial charge in [0.2, 0.25) is 0 Å². The molecular weight excluding hydrogens is 1350 g/mol. The van der Waals surface area contributed by atoms with Crippen LogP contribution in [-0.4, -0.2) is 96.7 Å². The van der Waals surface area contributed by atoms with Gasteiger partial charge in [-0.3, -0.25) is 37.3 Å². The van der Waals surface area contributed by atoms with Gasteiger partial charge in [-0.2, -0.15) is 0 Å². The van der Waals surface area contributed by atoms with Gasteiger partial charge in [0.25, 0.3) is 0 Å². The average Bonchev–Trinajstić information content (AvgIpc) is 0.936. The molecule has 0 aliphatic heterocycles. The van der Waals surface area contributed by atoms with Crippen molar-refractivity contribution in [3.8, 4) is 0 Å². The van der Waals surface area contributed by atoms with Crippen LogP contribution in [0, 0.1) is 0 Å². The Bertz CT molecular complexity index is 2150. The summed E-state index contributed by atoms with van der Waals surface area (Å²) in [7, 11) is -9.95. The first kappa shape index (κ1) is 101. The number of carbonyl (C=O) groups excluding carboxylic acids is 4. The number of aliphatic hydroxyl groups is 1. The summed E-state index contributed by atoms with van der Waals surface area (Å²) in [5.41, 5.74) is 0. The summed E-state index contributed by atoms with van der Waals surface area (Å²) in [6, 6.07) is 0. The van der Waals surface area contributed by atoms with Crippen LogP contribution in [0.5, 0.6) is 0 Å². The third kappa shape index (κ3) is 77.2. The molecule has 17 nitrogen and oxygen atoms in total. The van der Waals surface area contributed by atoms with Crippen molar-refractivity contribution in [1.82, 2.24) is 0 Å². The van der Waals surface area contributed by atoms with Crippen LogP contribution in [0.3, 0.4) is 0 Å². The number of hydrogen-bond donors (Lipinski definition) is 3. The summed E-state index contributed by atoms with van der Waals surface area (Å²) in [6.07, 6.45) is 77.9. The Labute approximate surface area is 636 Å². The molecule has 0 fully saturated rings. The molecule has 0 aromatic heterocycles. The molecule has 0 amide bonds. The van der Waals surface area contributed by atoms with Gasteiger partial charge < -0.3 is 33.8 Å². The monoisotopic (exact) mass is 1510 g/mol. The number of phosphoric ester groups is 2. The van der Waals surface area contributed by atoms with Crippen LogP contribution in [0.25, 0.3) is 0 Å². The average molecular weight is 1510 g/mol. The van der Waals surface area contributed by atoms with E-state index in [1.165, 1.54) is 231 Å². The van der Waals surface area contributed by atoms with Gasteiger partial charge in [0.05, 0.1) is 26.4 Å². The molecule has 0 aliphatic carbocycles. The van der Waals surface area contributed by atoms with E-state index in [0.717, 1.165) is 96.3 Å². The topological polar surface area (TPSA) is 237 Å². The van der Waals surface area contributed by atoms with Crippen LogP contribution >= 0.6 is 15.6 Å². The smallest absolute Gasteiger partial charge is 0.462 e. The van der Waals surface area contributed by atoms with Gasteiger partial charge in [0.15, 0.2) is 12.2 Å². The summed E-state index contributed by atoms with van der Waals surface area (Å²) in [5, 5.41) is 10.7. The molecule has 0 bridgehead atoms. The van der Waals surface area contributed by atoms with Crippen LogP contribution in [0.2, 0.25) is 0 Å². The van der Waals surface area contributed by atoms with E-state index in [9.17, 15) is 43.2 Å². The number of phosphoric acid groups is 2. The van der Waals surface area contributed by atoms with Crippen molar-refractivity contribution in [1.29, 1.82) is 0 Å². The number of allylic oxidation sites excluding steroid dienone is 8. The van der Waals surface area contributed by atoms with Crippen molar-refractivity contribution in [2.45, 2.75) is 431 Å². The van der Waals surface area contributed by atoms with E-state index in [1.807, 2.05) is 12.2 Å². The van der Waals surface area contributed by atoms with Crippen LogP contribution in [-0.2, 0) is 65.4 Å². The molecule has 0 aromatic carbocycles. The Morgan fingerprint density at radius 2 is 0.481 bits per heavy atom. The summed E-state index contributed by atoms with van der Waals surface area (Å²) in [5.74, 6) is -2.19. The Kier molecular flexibility index (Phi) is 75.9. The molecule has 5 atom stereocenters. The molecule has 3 N–H and O–H groups in total. The minimum atomic E-state index is -4.98. The second kappa shape index (κ2) is 78.2. The molecule has 0 saturated heterocycles. The lowest BCUT2D eigenvalue weighted by Gasteiger charge is -2.21. The highest BCUT2D eigenvalue weighted by atomic mass is 31.2. The van der Waals surface area contributed by atoms with Crippen molar-refractivity contribution in [2.75, 3.05) is 39.6 Å². The minimum Gasteiger partial charge on any atom is -0.462 e. The van der Waals surface area contributed by atoms with Crippen LogP contribution in [0.4, 0.5) is 0 Å². The van der Waals surface area contributed by atoms with Crippen LogP contribution in [0.15, 0.2) is 48.6 Å². The van der Waals surface area contributed by atoms with E-state index >= 15 is 0 Å². The summed E-state index contributed by atoms with van der Waals surface area (Å²) < 4.78 is 68.8. The third-order valence-electron chi connectivity index (χ3n) is 18.8. The lowest BCUT2D eigenvalue weighted by molar-refractivity contribution is -0.161. The predicted molar refractivity (Wildman–Crippen MR) is 427 cm³/mol. The first-order chi connectivity index (χ1) is 50.7. The first-order valence-electron chi connectivity index (χ1n) is 42.9. The first-order valence-corrected chi connectivity index (χ1v) is 45.9. The van der Waals surface area contributed by atoms with E-state index in [-0.39, 0.29) is 25.7 Å². The number of carbonyl (C=O) groups is 4. The molecular formula is C85H158O17P2. The molecule has 0 heterocycles. The van der Waals surface area contributed by atoms with Crippen LogP contribution in [0.1, 0.15) is 413 Å². The number of esters is 4. The molecule has 0 aromatic rings. The maximum Gasteiger partial charge on any atom is 0.472 e. The molecule has 0 aliphatic rings. The van der Waals surface area contributed by atoms with Gasteiger partial charge in [-0.25, -0.2) is 9.13 Å². The van der Waals surface area contributed by atoms with Crippen LogP contribution < -0.4 is 0 Å². The Hall–Kier alpha value is -2.98. The highest BCUT2D eigenvalue weighted by Gasteiger charge is 2.30. The number of aliphatic hydroxyl groups excluding tert-OH is 1. The zero-order valence-corrected chi connectivity index (χ0v) is 68.8. The largest absolute Gasteiger partial charge is 0.472 e.